The van der Waals surface area contributed by atoms with Crippen LogP contribution in [0.2, 0.25) is 5.02 Å². The molecule has 2 N–H and O–H groups in total. The zero-order valence-electron chi connectivity index (χ0n) is 9.64. The summed E-state index contributed by atoms with van der Waals surface area (Å²) in [6.07, 6.45) is 1.38. The molecule has 0 aliphatic carbocycles. The van der Waals surface area contributed by atoms with Crippen molar-refractivity contribution in [1.29, 1.82) is 0 Å². The second-order valence-electron chi connectivity index (χ2n) is 4.32. The number of hydrogen-bond donors (Lipinski definition) is 1. The first-order chi connectivity index (χ1) is 8.41. The Balaban J connectivity index is 2.30. The van der Waals surface area contributed by atoms with Crippen LogP contribution in [0.3, 0.4) is 0 Å². The Hall–Kier alpha value is -0.140. The fourth-order valence-electron chi connectivity index (χ4n) is 1.94. The molecule has 18 heavy (non-hydrogen) atoms. The van der Waals surface area contributed by atoms with Crippen LogP contribution in [0.4, 0.5) is 0 Å². The van der Waals surface area contributed by atoms with E-state index in [0.717, 1.165) is 4.47 Å². The lowest BCUT2D eigenvalue weighted by molar-refractivity contribution is 0.320. The molecule has 4 nitrogen and oxygen atoms in total. The summed E-state index contributed by atoms with van der Waals surface area (Å²) < 4.78 is 27.0. The molecule has 1 fully saturated rings. The lowest BCUT2D eigenvalue weighted by atomic mass is 10.1. The van der Waals surface area contributed by atoms with Crippen LogP contribution in [0.5, 0.6) is 0 Å². The molecule has 0 atom stereocenters. The van der Waals surface area contributed by atoms with Crippen molar-refractivity contribution < 1.29 is 8.42 Å². The molecule has 0 unspecified atom stereocenters. The van der Waals surface area contributed by atoms with Crippen LogP contribution in [-0.2, 0) is 10.0 Å². The molecule has 1 heterocycles. The third-order valence-corrected chi connectivity index (χ3v) is 5.89. The number of rotatable bonds is 2. The lowest BCUT2D eigenvalue weighted by Crippen LogP contribution is -2.42. The van der Waals surface area contributed by atoms with Gasteiger partial charge in [-0.05, 0) is 31.0 Å². The SMILES string of the molecule is NC1CCN(S(=O)(=O)c2ccc(Br)cc2Cl)CC1. The Labute approximate surface area is 120 Å². The second-order valence-corrected chi connectivity index (χ2v) is 7.55. The minimum absolute atomic E-state index is 0.0943. The van der Waals surface area contributed by atoms with Crippen LogP contribution < -0.4 is 5.73 Å². The van der Waals surface area contributed by atoms with Gasteiger partial charge >= 0.3 is 0 Å². The van der Waals surface area contributed by atoms with Crippen LogP contribution >= 0.6 is 27.5 Å². The highest BCUT2D eigenvalue weighted by atomic mass is 79.9. The standard InChI is InChI=1S/C11H14BrClN2O2S/c12-8-1-2-11(10(13)7-8)18(16,17)15-5-3-9(14)4-6-15/h1-2,7,9H,3-6,14H2. The molecule has 0 bridgehead atoms. The number of nitrogens with two attached hydrogens (primary N) is 1. The molecule has 1 aliphatic heterocycles. The monoisotopic (exact) mass is 352 g/mol. The topological polar surface area (TPSA) is 63.4 Å². The minimum atomic E-state index is -3.51. The first-order valence-electron chi connectivity index (χ1n) is 5.62. The molecule has 0 saturated carbocycles. The molecule has 100 valence electrons. The van der Waals surface area contributed by atoms with Gasteiger partial charge in [0.25, 0.3) is 0 Å². The van der Waals surface area contributed by atoms with E-state index in [1.165, 1.54) is 10.4 Å². The lowest BCUT2D eigenvalue weighted by Gasteiger charge is -2.29. The van der Waals surface area contributed by atoms with E-state index >= 15 is 0 Å². The van der Waals surface area contributed by atoms with Crippen molar-refractivity contribution in [1.82, 2.24) is 4.31 Å². The number of halogens is 2. The summed E-state index contributed by atoms with van der Waals surface area (Å²) in [5.41, 5.74) is 5.77. The van der Waals surface area contributed by atoms with Gasteiger partial charge in [-0.2, -0.15) is 4.31 Å². The molecule has 2 rings (SSSR count). The van der Waals surface area contributed by atoms with Gasteiger partial charge in [0.1, 0.15) is 4.90 Å². The summed E-state index contributed by atoms with van der Waals surface area (Å²) in [5.74, 6) is 0. The largest absolute Gasteiger partial charge is 0.328 e. The summed E-state index contributed by atoms with van der Waals surface area (Å²) in [6.45, 7) is 0.909. The molecule has 0 spiro atoms. The van der Waals surface area contributed by atoms with E-state index in [4.69, 9.17) is 17.3 Å². The van der Waals surface area contributed by atoms with Crippen molar-refractivity contribution in [3.8, 4) is 0 Å². The van der Waals surface area contributed by atoms with E-state index in [-0.39, 0.29) is 16.0 Å². The van der Waals surface area contributed by atoms with E-state index in [9.17, 15) is 8.42 Å². The molecule has 0 amide bonds. The van der Waals surface area contributed by atoms with Crippen molar-refractivity contribution in [2.24, 2.45) is 5.73 Å². The predicted molar refractivity (Wildman–Crippen MR) is 75.1 cm³/mol. The van der Waals surface area contributed by atoms with Crippen molar-refractivity contribution in [2.75, 3.05) is 13.1 Å². The van der Waals surface area contributed by atoms with Gasteiger partial charge in [-0.25, -0.2) is 8.42 Å². The maximum absolute atomic E-state index is 12.4. The second kappa shape index (κ2) is 5.46. The zero-order valence-corrected chi connectivity index (χ0v) is 12.8. The smallest absolute Gasteiger partial charge is 0.244 e. The summed E-state index contributed by atoms with van der Waals surface area (Å²) in [4.78, 5) is 0.155. The molecule has 1 aromatic rings. The highest BCUT2D eigenvalue weighted by Crippen LogP contribution is 2.28. The maximum atomic E-state index is 12.4. The molecule has 1 aliphatic rings. The summed E-state index contributed by atoms with van der Waals surface area (Å²) in [7, 11) is -3.51. The Morgan fingerprint density at radius 3 is 2.50 bits per heavy atom. The highest BCUT2D eigenvalue weighted by molar-refractivity contribution is 9.10. The molecular weight excluding hydrogens is 340 g/mol. The van der Waals surface area contributed by atoms with Crippen LogP contribution in [-0.4, -0.2) is 31.9 Å². The Kier molecular flexibility index (Phi) is 4.33. The third kappa shape index (κ3) is 2.88. The minimum Gasteiger partial charge on any atom is -0.328 e. The summed E-state index contributed by atoms with van der Waals surface area (Å²) in [5, 5.41) is 0.235. The van der Waals surface area contributed by atoms with Gasteiger partial charge in [0.15, 0.2) is 0 Å². The average Bonchev–Trinajstić information content (AvgIpc) is 2.29. The number of nitrogens with zero attached hydrogens (tertiary/aromatic N) is 1. The van der Waals surface area contributed by atoms with Crippen molar-refractivity contribution in [3.63, 3.8) is 0 Å². The van der Waals surface area contributed by atoms with E-state index in [0.29, 0.717) is 25.9 Å². The number of hydrogen-bond acceptors (Lipinski definition) is 3. The van der Waals surface area contributed by atoms with Crippen LogP contribution in [0.25, 0.3) is 0 Å². The fraction of sp³-hybridized carbons (Fsp3) is 0.455. The molecule has 0 radical (unpaired) electrons. The molecule has 7 heteroatoms. The third-order valence-electron chi connectivity index (χ3n) is 3.01. The number of piperidine rings is 1. The number of benzene rings is 1. The van der Waals surface area contributed by atoms with Gasteiger partial charge in [0.2, 0.25) is 10.0 Å². The Bertz CT molecular complexity index is 542. The average molecular weight is 354 g/mol. The van der Waals surface area contributed by atoms with Gasteiger partial charge in [-0.1, -0.05) is 27.5 Å². The van der Waals surface area contributed by atoms with E-state index in [2.05, 4.69) is 15.9 Å². The van der Waals surface area contributed by atoms with Crippen LogP contribution in [0, 0.1) is 0 Å². The van der Waals surface area contributed by atoms with Gasteiger partial charge in [0.05, 0.1) is 5.02 Å². The van der Waals surface area contributed by atoms with Gasteiger partial charge in [-0.3, -0.25) is 0 Å². The first kappa shape index (κ1) is 14.3. The van der Waals surface area contributed by atoms with Gasteiger partial charge in [0, 0.05) is 23.6 Å². The molecule has 0 aromatic heterocycles. The van der Waals surface area contributed by atoms with Crippen LogP contribution in [0.15, 0.2) is 27.6 Å². The van der Waals surface area contributed by atoms with E-state index < -0.39 is 10.0 Å². The van der Waals surface area contributed by atoms with Crippen molar-refractivity contribution >= 4 is 37.6 Å². The fourth-order valence-corrected chi connectivity index (χ4v) is 4.42. The predicted octanol–water partition coefficient (Wildman–Crippen LogP) is 2.21. The van der Waals surface area contributed by atoms with Crippen LogP contribution in [0.1, 0.15) is 12.8 Å². The van der Waals surface area contributed by atoms with Gasteiger partial charge < -0.3 is 5.73 Å². The van der Waals surface area contributed by atoms with E-state index in [1.54, 1.807) is 12.1 Å². The van der Waals surface area contributed by atoms with E-state index in [1.807, 2.05) is 0 Å². The van der Waals surface area contributed by atoms with Crippen molar-refractivity contribution in [2.45, 2.75) is 23.8 Å². The van der Waals surface area contributed by atoms with Gasteiger partial charge in [-0.15, -0.1) is 0 Å². The summed E-state index contributed by atoms with van der Waals surface area (Å²) in [6, 6.07) is 4.88. The molecular formula is C11H14BrClN2O2S. The Morgan fingerprint density at radius 2 is 1.94 bits per heavy atom. The zero-order chi connectivity index (χ0) is 13.3. The molecule has 1 aromatic carbocycles. The highest BCUT2D eigenvalue weighted by Gasteiger charge is 2.29. The number of sulfonamides is 1. The Morgan fingerprint density at radius 1 is 1.33 bits per heavy atom. The maximum Gasteiger partial charge on any atom is 0.244 e. The van der Waals surface area contributed by atoms with Crippen molar-refractivity contribution in [3.05, 3.63) is 27.7 Å². The first-order valence-corrected chi connectivity index (χ1v) is 8.23. The quantitative estimate of drug-likeness (QED) is 0.886. The molecule has 1 saturated heterocycles. The normalized spacial score (nSPS) is 19.1. The summed E-state index contributed by atoms with van der Waals surface area (Å²) >= 11 is 9.26.